The second-order valence-electron chi connectivity index (χ2n) is 5.92. The zero-order valence-electron chi connectivity index (χ0n) is 16.8. The topological polar surface area (TPSA) is 97.1 Å². The summed E-state index contributed by atoms with van der Waals surface area (Å²) in [5.41, 5.74) is 1.72. The Hall–Kier alpha value is -2.27. The van der Waals surface area contributed by atoms with Gasteiger partial charge in [-0.3, -0.25) is 5.32 Å². The Morgan fingerprint density at radius 1 is 1.17 bits per heavy atom. The number of benzene rings is 1. The van der Waals surface area contributed by atoms with Crippen LogP contribution in [-0.4, -0.2) is 38.9 Å². The van der Waals surface area contributed by atoms with Gasteiger partial charge in [-0.1, -0.05) is 12.1 Å². The number of anilines is 1. The van der Waals surface area contributed by atoms with Crippen LogP contribution >= 0.6 is 24.0 Å². The number of ether oxygens (including phenoxy) is 2. The normalized spacial score (nSPS) is 10.8. The fourth-order valence-electron chi connectivity index (χ4n) is 2.32. The monoisotopic (exact) mass is 516 g/mol. The van der Waals surface area contributed by atoms with Crippen LogP contribution in [0.25, 0.3) is 0 Å². The molecule has 0 spiro atoms. The fraction of sp³-hybridized carbons (Fsp3) is 0.400. The Kier molecular flexibility index (Phi) is 12.5. The highest BCUT2D eigenvalue weighted by atomic mass is 127. The van der Waals surface area contributed by atoms with E-state index in [2.05, 4.69) is 25.7 Å². The Labute approximate surface area is 188 Å². The molecule has 0 saturated heterocycles. The van der Waals surface area contributed by atoms with E-state index in [4.69, 9.17) is 9.15 Å². The number of methoxy groups -OCH3 is 1. The van der Waals surface area contributed by atoms with E-state index in [0.717, 1.165) is 36.8 Å². The molecule has 0 radical (unpaired) electrons. The molecule has 0 aliphatic rings. The first-order chi connectivity index (χ1) is 13.7. The molecular weight excluding hydrogens is 487 g/mol. The predicted molar refractivity (Wildman–Crippen MR) is 124 cm³/mol. The number of halogens is 1. The number of nitrogens with zero attached hydrogens (tertiary/aromatic N) is 1. The van der Waals surface area contributed by atoms with Crippen molar-refractivity contribution in [1.82, 2.24) is 10.6 Å². The highest BCUT2D eigenvalue weighted by Crippen LogP contribution is 2.10. The Morgan fingerprint density at radius 3 is 2.62 bits per heavy atom. The van der Waals surface area contributed by atoms with Crippen LogP contribution in [0.4, 0.5) is 10.5 Å². The second-order valence-corrected chi connectivity index (χ2v) is 5.92. The summed E-state index contributed by atoms with van der Waals surface area (Å²) < 4.78 is 15.4. The Morgan fingerprint density at radius 2 is 1.97 bits per heavy atom. The number of rotatable bonds is 10. The maximum absolute atomic E-state index is 11.2. The van der Waals surface area contributed by atoms with Crippen molar-refractivity contribution >= 4 is 41.7 Å². The van der Waals surface area contributed by atoms with Crippen LogP contribution in [-0.2, 0) is 22.6 Å². The first-order valence-corrected chi connectivity index (χ1v) is 9.27. The lowest BCUT2D eigenvalue weighted by molar-refractivity contribution is 0.105. The number of nitrogens with one attached hydrogen (secondary N) is 3. The molecular formula is C20H29IN4O4. The van der Waals surface area contributed by atoms with Gasteiger partial charge in [0, 0.05) is 25.4 Å². The molecule has 0 saturated carbocycles. The van der Waals surface area contributed by atoms with Gasteiger partial charge in [0.15, 0.2) is 5.96 Å². The molecule has 29 heavy (non-hydrogen) atoms. The third-order valence-corrected chi connectivity index (χ3v) is 3.73. The molecule has 0 unspecified atom stereocenters. The van der Waals surface area contributed by atoms with E-state index in [0.29, 0.717) is 25.4 Å². The first-order valence-electron chi connectivity index (χ1n) is 9.27. The van der Waals surface area contributed by atoms with Crippen LogP contribution in [0, 0.1) is 0 Å². The molecule has 1 amide bonds. The number of furan rings is 1. The molecule has 0 aliphatic heterocycles. The molecule has 2 rings (SSSR count). The number of carbonyl (C=O) groups is 1. The Bertz CT molecular complexity index is 721. The minimum absolute atomic E-state index is 0. The van der Waals surface area contributed by atoms with Gasteiger partial charge in [0.25, 0.3) is 0 Å². The van der Waals surface area contributed by atoms with Crippen LogP contribution in [0.5, 0.6) is 0 Å². The van der Waals surface area contributed by atoms with Crippen LogP contribution in [0.2, 0.25) is 0 Å². The number of aliphatic imine (C=N–C) groups is 1. The van der Waals surface area contributed by atoms with Gasteiger partial charge < -0.3 is 24.5 Å². The predicted octanol–water partition coefficient (Wildman–Crippen LogP) is 3.74. The molecule has 1 aromatic heterocycles. The van der Waals surface area contributed by atoms with Crippen molar-refractivity contribution in [3.05, 3.63) is 54.0 Å². The average Bonchev–Trinajstić information content (AvgIpc) is 3.23. The van der Waals surface area contributed by atoms with E-state index >= 15 is 0 Å². The van der Waals surface area contributed by atoms with E-state index < -0.39 is 6.09 Å². The third kappa shape index (κ3) is 10.2. The highest BCUT2D eigenvalue weighted by molar-refractivity contribution is 14.0. The van der Waals surface area contributed by atoms with Crippen molar-refractivity contribution < 1.29 is 18.7 Å². The van der Waals surface area contributed by atoms with E-state index in [1.165, 1.54) is 7.11 Å². The smallest absolute Gasteiger partial charge is 0.411 e. The molecule has 160 valence electrons. The molecule has 2 aromatic rings. The average molecular weight is 516 g/mol. The molecule has 9 heteroatoms. The molecule has 0 fully saturated rings. The molecule has 3 N–H and O–H groups in total. The lowest BCUT2D eigenvalue weighted by Crippen LogP contribution is -2.38. The summed E-state index contributed by atoms with van der Waals surface area (Å²) in [7, 11) is 1.33. The van der Waals surface area contributed by atoms with Crippen molar-refractivity contribution in [3.63, 3.8) is 0 Å². The second kappa shape index (κ2) is 14.7. The van der Waals surface area contributed by atoms with Gasteiger partial charge >= 0.3 is 6.09 Å². The van der Waals surface area contributed by atoms with Crippen LogP contribution < -0.4 is 16.0 Å². The summed E-state index contributed by atoms with van der Waals surface area (Å²) in [6.45, 7) is 5.22. The van der Waals surface area contributed by atoms with Gasteiger partial charge in [-0.15, -0.1) is 24.0 Å². The lowest BCUT2D eigenvalue weighted by atomic mass is 10.2. The summed E-state index contributed by atoms with van der Waals surface area (Å²) in [4.78, 5) is 15.8. The standard InChI is InChI=1S/C20H28N4O4.HI/c1-3-21-19(22-11-5-12-27-15-18-6-4-13-28-18)23-14-16-7-9-17(10-8-16)24-20(25)26-2;/h4,6-10,13H,3,5,11-12,14-15H2,1-2H3,(H,24,25)(H2,21,22,23);1H. The molecule has 0 aliphatic carbocycles. The summed E-state index contributed by atoms with van der Waals surface area (Å²) >= 11 is 0. The zero-order chi connectivity index (χ0) is 20.0. The minimum Gasteiger partial charge on any atom is -0.467 e. The summed E-state index contributed by atoms with van der Waals surface area (Å²) in [5, 5.41) is 9.13. The van der Waals surface area contributed by atoms with E-state index in [9.17, 15) is 4.79 Å². The molecule has 1 heterocycles. The minimum atomic E-state index is -0.488. The lowest BCUT2D eigenvalue weighted by Gasteiger charge is -2.11. The number of hydrogen-bond acceptors (Lipinski definition) is 5. The number of carbonyl (C=O) groups excluding carboxylic acids is 1. The fourth-order valence-corrected chi connectivity index (χ4v) is 2.32. The quantitative estimate of drug-likeness (QED) is 0.193. The maximum atomic E-state index is 11.2. The van der Waals surface area contributed by atoms with Crippen molar-refractivity contribution in [2.75, 3.05) is 32.1 Å². The van der Waals surface area contributed by atoms with Gasteiger partial charge in [0.1, 0.15) is 12.4 Å². The van der Waals surface area contributed by atoms with Gasteiger partial charge in [-0.2, -0.15) is 0 Å². The van der Waals surface area contributed by atoms with Crippen molar-refractivity contribution in [2.24, 2.45) is 4.99 Å². The number of guanidine groups is 1. The van der Waals surface area contributed by atoms with Gasteiger partial charge in [0.05, 0.1) is 19.9 Å². The number of amides is 1. The summed E-state index contributed by atoms with van der Waals surface area (Å²) in [5.74, 6) is 1.58. The van der Waals surface area contributed by atoms with Crippen molar-refractivity contribution in [3.8, 4) is 0 Å². The largest absolute Gasteiger partial charge is 0.467 e. The van der Waals surface area contributed by atoms with Crippen LogP contribution in [0.3, 0.4) is 0 Å². The van der Waals surface area contributed by atoms with Crippen molar-refractivity contribution in [1.29, 1.82) is 0 Å². The molecule has 8 nitrogen and oxygen atoms in total. The molecule has 0 bridgehead atoms. The maximum Gasteiger partial charge on any atom is 0.411 e. The van der Waals surface area contributed by atoms with Crippen molar-refractivity contribution in [2.45, 2.75) is 26.5 Å². The SMILES string of the molecule is CCNC(=NCc1ccc(NC(=O)OC)cc1)NCCCOCc1ccco1.I. The zero-order valence-corrected chi connectivity index (χ0v) is 19.1. The molecule has 0 atom stereocenters. The van der Waals surface area contributed by atoms with Gasteiger partial charge in [-0.05, 0) is 43.2 Å². The van der Waals surface area contributed by atoms with E-state index in [-0.39, 0.29) is 24.0 Å². The van der Waals surface area contributed by atoms with Gasteiger partial charge in [0.2, 0.25) is 0 Å². The van der Waals surface area contributed by atoms with Crippen LogP contribution in [0.15, 0.2) is 52.1 Å². The van der Waals surface area contributed by atoms with E-state index in [1.807, 2.05) is 43.3 Å². The highest BCUT2D eigenvalue weighted by Gasteiger charge is 2.01. The first kappa shape index (κ1) is 24.8. The number of hydrogen-bond donors (Lipinski definition) is 3. The van der Waals surface area contributed by atoms with Crippen LogP contribution in [0.1, 0.15) is 24.7 Å². The summed E-state index contributed by atoms with van der Waals surface area (Å²) in [6.07, 6.45) is 2.01. The summed E-state index contributed by atoms with van der Waals surface area (Å²) in [6, 6.07) is 11.2. The third-order valence-electron chi connectivity index (χ3n) is 3.73. The molecule has 1 aromatic carbocycles. The van der Waals surface area contributed by atoms with E-state index in [1.54, 1.807) is 6.26 Å². The Balaban J connectivity index is 0.00000420. The van der Waals surface area contributed by atoms with Gasteiger partial charge in [-0.25, -0.2) is 9.79 Å².